The summed E-state index contributed by atoms with van der Waals surface area (Å²) in [6.45, 7) is 2.50. The van der Waals surface area contributed by atoms with Gasteiger partial charge in [-0.05, 0) is 19.9 Å². The van der Waals surface area contributed by atoms with Crippen molar-refractivity contribution in [2.24, 2.45) is 0 Å². The number of piperazine rings is 1. The normalized spacial score (nSPS) is 39.5. The highest BCUT2D eigenvalue weighted by Gasteiger charge is 2.35. The van der Waals surface area contributed by atoms with Gasteiger partial charge in [0.1, 0.15) is 0 Å². The van der Waals surface area contributed by atoms with E-state index in [0.29, 0.717) is 0 Å². The lowest BCUT2D eigenvalue weighted by molar-refractivity contribution is 0.0739. The van der Waals surface area contributed by atoms with Gasteiger partial charge >= 0.3 is 0 Å². The Balaban J connectivity index is 2.05. The first kappa shape index (κ1) is 9.21. The van der Waals surface area contributed by atoms with Crippen LogP contribution in [0.15, 0.2) is 0 Å². The fourth-order valence-electron chi connectivity index (χ4n) is 2.52. The molecule has 12 heavy (non-hydrogen) atoms. The van der Waals surface area contributed by atoms with Crippen LogP contribution in [-0.4, -0.2) is 40.2 Å². The first-order chi connectivity index (χ1) is 5.79. The van der Waals surface area contributed by atoms with Crippen LogP contribution in [0.4, 0.5) is 0 Å². The second-order valence-electron chi connectivity index (χ2n) is 4.02. The van der Waals surface area contributed by atoms with Gasteiger partial charge in [-0.1, -0.05) is 12.8 Å². The lowest BCUT2D eigenvalue weighted by atomic mass is 9.88. The van der Waals surface area contributed by atoms with Crippen molar-refractivity contribution < 1.29 is 0 Å². The van der Waals surface area contributed by atoms with Crippen LogP contribution >= 0.6 is 22.9 Å². The van der Waals surface area contributed by atoms with E-state index in [1.165, 1.54) is 38.8 Å². The quantitative estimate of drug-likeness (QED) is 0.494. The number of hydrogen-bond donors (Lipinski definition) is 0. The van der Waals surface area contributed by atoms with Crippen LogP contribution < -0.4 is 0 Å². The Morgan fingerprint density at radius 2 is 1.75 bits per heavy atom. The van der Waals surface area contributed by atoms with E-state index in [0.717, 1.165) is 12.1 Å². The fourth-order valence-corrected chi connectivity index (χ4v) is 3.38. The van der Waals surface area contributed by atoms with Crippen molar-refractivity contribution in [3.63, 3.8) is 0 Å². The molecule has 0 spiro atoms. The maximum absolute atomic E-state index is 2.55. The average Bonchev–Trinajstić information content (AvgIpc) is 2.12. The molecule has 2 aliphatic rings. The smallest absolute Gasteiger partial charge is 0.0350 e. The van der Waals surface area contributed by atoms with Crippen LogP contribution in [0.25, 0.3) is 0 Å². The predicted octanol–water partition coefficient (Wildman–Crippen LogP) is 1.90. The van der Waals surface area contributed by atoms with E-state index in [1.807, 2.05) is 0 Å². The van der Waals surface area contributed by atoms with Gasteiger partial charge in [-0.3, -0.25) is 0 Å². The number of rotatable bonds is 0. The van der Waals surface area contributed by atoms with Crippen LogP contribution in [0.2, 0.25) is 0 Å². The van der Waals surface area contributed by atoms with Gasteiger partial charge in [0.15, 0.2) is 0 Å². The van der Waals surface area contributed by atoms with Gasteiger partial charge in [-0.25, -0.2) is 3.11 Å². The lowest BCUT2D eigenvalue weighted by Crippen LogP contribution is -2.56. The molecule has 1 aliphatic heterocycles. The number of halogens is 1. The SMILES string of the molecule is CN1CCN(I)C2CCCCC21. The van der Waals surface area contributed by atoms with Gasteiger partial charge in [0.05, 0.1) is 0 Å². The van der Waals surface area contributed by atoms with Gasteiger partial charge in [-0.15, -0.1) is 0 Å². The van der Waals surface area contributed by atoms with E-state index >= 15 is 0 Å². The van der Waals surface area contributed by atoms with Crippen molar-refractivity contribution >= 4 is 22.9 Å². The van der Waals surface area contributed by atoms with E-state index < -0.39 is 0 Å². The van der Waals surface area contributed by atoms with Crippen LogP contribution in [0.3, 0.4) is 0 Å². The third-order valence-electron chi connectivity index (χ3n) is 3.29. The van der Waals surface area contributed by atoms with Crippen molar-refractivity contribution in [3.05, 3.63) is 0 Å². The topological polar surface area (TPSA) is 6.48 Å². The zero-order valence-electron chi connectivity index (χ0n) is 7.67. The molecule has 3 heteroatoms. The highest BCUT2D eigenvalue weighted by Crippen LogP contribution is 2.31. The van der Waals surface area contributed by atoms with Crippen molar-refractivity contribution in [2.75, 3.05) is 20.1 Å². The third-order valence-corrected chi connectivity index (χ3v) is 4.48. The second-order valence-corrected chi connectivity index (χ2v) is 5.26. The number of hydrogen-bond acceptors (Lipinski definition) is 2. The molecule has 0 aromatic heterocycles. The minimum Gasteiger partial charge on any atom is -0.301 e. The number of nitrogens with zero attached hydrogens (tertiary/aromatic N) is 2. The second kappa shape index (κ2) is 3.80. The highest BCUT2D eigenvalue weighted by atomic mass is 127. The zero-order chi connectivity index (χ0) is 8.55. The molecule has 0 N–H and O–H groups in total. The van der Waals surface area contributed by atoms with Crippen molar-refractivity contribution in [3.8, 4) is 0 Å². The zero-order valence-corrected chi connectivity index (χ0v) is 9.83. The molecule has 1 saturated heterocycles. The molecule has 2 rings (SSSR count). The molecule has 0 amide bonds. The standard InChI is InChI=1S/C9H17IN2/c1-11-6-7-12(10)9-5-3-2-4-8(9)11/h8-9H,2-7H2,1H3. The minimum absolute atomic E-state index is 0.845. The monoisotopic (exact) mass is 280 g/mol. The Labute approximate surface area is 88.8 Å². The predicted molar refractivity (Wildman–Crippen MR) is 59.4 cm³/mol. The van der Waals surface area contributed by atoms with E-state index in [9.17, 15) is 0 Å². The molecule has 1 saturated carbocycles. The minimum atomic E-state index is 0.845. The molecule has 2 nitrogen and oxygen atoms in total. The molecule has 0 aromatic carbocycles. The summed E-state index contributed by atoms with van der Waals surface area (Å²) < 4.78 is 2.53. The Morgan fingerprint density at radius 1 is 1.08 bits per heavy atom. The molecule has 1 heterocycles. The molecule has 0 bridgehead atoms. The molecule has 2 unspecified atom stereocenters. The largest absolute Gasteiger partial charge is 0.301 e. The first-order valence-corrected chi connectivity index (χ1v) is 5.88. The number of likely N-dealkylation sites (N-methyl/N-ethyl adjacent to an activating group) is 1. The van der Waals surface area contributed by atoms with E-state index in [-0.39, 0.29) is 0 Å². The van der Waals surface area contributed by atoms with Gasteiger partial charge in [0, 0.05) is 48.0 Å². The molecule has 2 atom stereocenters. The van der Waals surface area contributed by atoms with Crippen LogP contribution in [0, 0.1) is 0 Å². The van der Waals surface area contributed by atoms with Gasteiger partial charge < -0.3 is 4.90 Å². The summed E-state index contributed by atoms with van der Waals surface area (Å²) in [5, 5.41) is 0. The van der Waals surface area contributed by atoms with Gasteiger partial charge in [-0.2, -0.15) is 0 Å². The molecule has 70 valence electrons. The molecule has 0 radical (unpaired) electrons. The summed E-state index contributed by atoms with van der Waals surface area (Å²) in [6, 6.07) is 1.70. The molecule has 2 fully saturated rings. The summed E-state index contributed by atoms with van der Waals surface area (Å²) in [4.78, 5) is 2.55. The Kier molecular flexibility index (Phi) is 2.92. The van der Waals surface area contributed by atoms with Crippen molar-refractivity contribution in [1.82, 2.24) is 8.01 Å². The summed E-state index contributed by atoms with van der Waals surface area (Å²) in [5.41, 5.74) is 0. The number of fused-ring (bicyclic) bond motifs is 1. The maximum Gasteiger partial charge on any atom is 0.0350 e. The van der Waals surface area contributed by atoms with E-state index in [2.05, 4.69) is 37.9 Å². The Bertz CT molecular complexity index is 145. The molecular weight excluding hydrogens is 263 g/mol. The van der Waals surface area contributed by atoms with Crippen molar-refractivity contribution in [2.45, 2.75) is 37.8 Å². The first-order valence-electron chi connectivity index (χ1n) is 4.91. The molecular formula is C9H17IN2. The van der Waals surface area contributed by atoms with Crippen LogP contribution in [-0.2, 0) is 0 Å². The van der Waals surface area contributed by atoms with E-state index in [4.69, 9.17) is 0 Å². The molecule has 0 aromatic rings. The fraction of sp³-hybridized carbons (Fsp3) is 1.00. The summed E-state index contributed by atoms with van der Waals surface area (Å²) in [6.07, 6.45) is 5.71. The average molecular weight is 280 g/mol. The summed E-state index contributed by atoms with van der Waals surface area (Å²) in [7, 11) is 2.28. The van der Waals surface area contributed by atoms with Crippen LogP contribution in [0.1, 0.15) is 25.7 Å². The van der Waals surface area contributed by atoms with Gasteiger partial charge in [0.2, 0.25) is 0 Å². The Morgan fingerprint density at radius 3 is 2.42 bits per heavy atom. The van der Waals surface area contributed by atoms with Crippen LogP contribution in [0.5, 0.6) is 0 Å². The van der Waals surface area contributed by atoms with E-state index in [1.54, 1.807) is 0 Å². The Hall–Kier alpha value is 0.650. The van der Waals surface area contributed by atoms with Crippen molar-refractivity contribution in [1.29, 1.82) is 0 Å². The van der Waals surface area contributed by atoms with Gasteiger partial charge in [0.25, 0.3) is 0 Å². The lowest BCUT2D eigenvalue weighted by Gasteiger charge is -2.46. The molecule has 1 aliphatic carbocycles. The summed E-state index contributed by atoms with van der Waals surface area (Å²) in [5.74, 6) is 0. The highest BCUT2D eigenvalue weighted by molar-refractivity contribution is 14.1. The maximum atomic E-state index is 2.55. The third kappa shape index (κ3) is 1.63. The summed E-state index contributed by atoms with van der Waals surface area (Å²) >= 11 is 2.51.